The van der Waals surface area contributed by atoms with E-state index in [9.17, 15) is 20.4 Å². The third kappa shape index (κ3) is 10.6. The summed E-state index contributed by atoms with van der Waals surface area (Å²) in [5.74, 6) is -0.508. The van der Waals surface area contributed by atoms with Gasteiger partial charge in [-0.05, 0) is 96.7 Å². The van der Waals surface area contributed by atoms with Crippen molar-refractivity contribution in [2.45, 2.75) is 16.7 Å². The number of rotatable bonds is 12. The summed E-state index contributed by atoms with van der Waals surface area (Å²) in [5, 5.41) is 59.3. The summed E-state index contributed by atoms with van der Waals surface area (Å²) in [5.41, 5.74) is 3.39. The quantitative estimate of drug-likeness (QED) is 0.0639. The zero-order chi connectivity index (χ0) is 31.6. The molecule has 0 heterocycles. The molecule has 0 spiro atoms. The van der Waals surface area contributed by atoms with Gasteiger partial charge in [0.1, 0.15) is 5.69 Å². The number of hydrogen-bond acceptors (Lipinski definition) is 14. The molecule has 0 bridgehead atoms. The minimum Gasteiger partial charge on any atom is -0.691 e. The number of hydrogen-bond donors (Lipinski definition) is 2. The molecule has 1 amide bonds. The fraction of sp³-hybridized carbons (Fsp3) is 0.0333. The Kier molecular flexibility index (Phi) is 15.9. The summed E-state index contributed by atoms with van der Waals surface area (Å²) in [6.07, 6.45) is 0. The number of carbonyl (C=O) groups excluding carboxylic acids is 1. The van der Waals surface area contributed by atoms with Crippen molar-refractivity contribution >= 4 is 69.2 Å². The van der Waals surface area contributed by atoms with Crippen LogP contribution in [0.2, 0.25) is 0 Å². The molecule has 0 radical (unpaired) electrons. The van der Waals surface area contributed by atoms with Crippen LogP contribution < -0.4 is 74.9 Å². The molecule has 17 heteroatoms. The number of carbonyl (C=O) groups is 1. The van der Waals surface area contributed by atoms with E-state index in [2.05, 4.69) is 44.5 Å². The summed E-state index contributed by atoms with van der Waals surface area (Å²) in [4.78, 5) is 13.5. The Labute approximate surface area is 321 Å². The molecular weight excluding hydrogens is 668 g/mol. The van der Waals surface area contributed by atoms with E-state index in [0.717, 1.165) is 17.6 Å². The first-order valence-electron chi connectivity index (χ1n) is 12.9. The maximum Gasteiger partial charge on any atom is 1.00 e. The number of benzene rings is 5. The molecule has 0 atom stereocenters. The molecule has 0 aliphatic carbocycles. The number of phenolic OH excluding ortho intramolecular Hbond substituents is 1. The molecule has 0 saturated heterocycles. The van der Waals surface area contributed by atoms with Crippen LogP contribution in [0.3, 0.4) is 0 Å². The number of nitrogens with one attached hydrogen (secondary N) is 1. The van der Waals surface area contributed by atoms with Crippen LogP contribution in [0.15, 0.2) is 127 Å². The third-order valence-corrected chi connectivity index (χ3v) is 7.41. The summed E-state index contributed by atoms with van der Waals surface area (Å²) in [6.45, 7) is 1.81. The maximum absolute atomic E-state index is 12.6. The zero-order valence-electron chi connectivity index (χ0n) is 25.1. The molecule has 0 fully saturated rings. The Morgan fingerprint density at radius 3 is 2.15 bits per heavy atom. The SMILES string of the molecule is Cc1cc(N=Nc2ccc(SOO[O-])cc2)ccc1N=Nc1c(SOO[O-])cc2cc(NC(=O)c3ccccc3)ccc2c1O.[Na+].[Na+]. The minimum atomic E-state index is -0.294. The second kappa shape index (κ2) is 19.3. The standard InChI is InChI=1S/C30H23N5O8S2.2Na/c1-18-15-23(33-32-21-7-11-24(12-8-21)44-42-40-38)10-14-26(18)34-35-28-27(45-43-41-39)17-20-16-22(9-13-25(20)29(28)36)31-30(37)19-5-3-2-4-6-19;;/h2-17,36,38-39H,1H3,(H,31,37);;/q;2*+1/p-2. The Bertz CT molecular complexity index is 1870. The molecule has 47 heavy (non-hydrogen) atoms. The van der Waals surface area contributed by atoms with E-state index in [1.165, 1.54) is 0 Å². The molecular formula is C30H21N5Na2O8S2. The van der Waals surface area contributed by atoms with Gasteiger partial charge in [0.05, 0.1) is 46.0 Å². The molecule has 5 rings (SSSR count). The number of azo groups is 2. The molecule has 228 valence electrons. The van der Waals surface area contributed by atoms with E-state index < -0.39 is 0 Å². The average molecular weight is 690 g/mol. The van der Waals surface area contributed by atoms with Crippen LogP contribution in [0.25, 0.3) is 10.8 Å². The van der Waals surface area contributed by atoms with Crippen molar-refractivity contribution in [1.29, 1.82) is 0 Å². The first kappa shape index (κ1) is 38.7. The van der Waals surface area contributed by atoms with Crippen molar-refractivity contribution < 1.29 is 98.3 Å². The largest absolute Gasteiger partial charge is 1.00 e. The van der Waals surface area contributed by atoms with Gasteiger partial charge in [-0.15, -0.1) is 5.11 Å². The minimum absolute atomic E-state index is 0. The van der Waals surface area contributed by atoms with E-state index >= 15 is 0 Å². The topological polar surface area (TPSA) is 182 Å². The van der Waals surface area contributed by atoms with Gasteiger partial charge in [0.2, 0.25) is 0 Å². The van der Waals surface area contributed by atoms with Crippen LogP contribution in [0.5, 0.6) is 5.75 Å². The molecule has 0 aromatic heterocycles. The fourth-order valence-corrected chi connectivity index (χ4v) is 4.93. The molecule has 13 nitrogen and oxygen atoms in total. The number of amides is 1. The van der Waals surface area contributed by atoms with Gasteiger partial charge in [0.15, 0.2) is 5.75 Å². The summed E-state index contributed by atoms with van der Waals surface area (Å²) < 4.78 is 8.80. The van der Waals surface area contributed by atoms with E-state index in [1.54, 1.807) is 91.0 Å². The summed E-state index contributed by atoms with van der Waals surface area (Å²) in [7, 11) is 0. The second-order valence-electron chi connectivity index (χ2n) is 9.13. The molecule has 0 saturated carbocycles. The van der Waals surface area contributed by atoms with Gasteiger partial charge < -0.3 is 20.9 Å². The Morgan fingerprint density at radius 1 is 0.766 bits per heavy atom. The molecule has 0 unspecified atom stereocenters. The van der Waals surface area contributed by atoms with Crippen LogP contribution in [-0.4, -0.2) is 11.0 Å². The van der Waals surface area contributed by atoms with Crippen LogP contribution in [0.4, 0.5) is 28.4 Å². The van der Waals surface area contributed by atoms with Crippen LogP contribution >= 0.6 is 24.1 Å². The molecule has 2 N–H and O–H groups in total. The summed E-state index contributed by atoms with van der Waals surface area (Å²) in [6, 6.07) is 27.2. The number of phenols is 1. The van der Waals surface area contributed by atoms with Gasteiger partial charge in [-0.1, -0.05) is 18.2 Å². The number of fused-ring (bicyclic) bond motifs is 1. The van der Waals surface area contributed by atoms with Crippen LogP contribution in [-0.2, 0) is 18.7 Å². The maximum atomic E-state index is 12.6. The molecule has 0 aliphatic heterocycles. The Hall–Kier alpha value is -2.71. The molecule has 5 aromatic rings. The van der Waals surface area contributed by atoms with Crippen molar-refractivity contribution in [2.24, 2.45) is 20.5 Å². The summed E-state index contributed by atoms with van der Waals surface area (Å²) >= 11 is 1.33. The zero-order valence-corrected chi connectivity index (χ0v) is 30.8. The van der Waals surface area contributed by atoms with E-state index in [-0.39, 0.29) is 81.4 Å². The Balaban J connectivity index is 0.00000300. The number of aryl methyl sites for hydroxylation is 1. The predicted molar refractivity (Wildman–Crippen MR) is 162 cm³/mol. The number of aromatic hydroxyl groups is 1. The predicted octanol–water partition coefficient (Wildman–Crippen LogP) is 1.41. The first-order valence-corrected chi connectivity index (χ1v) is 14.4. The Morgan fingerprint density at radius 2 is 1.45 bits per heavy atom. The van der Waals surface area contributed by atoms with Crippen molar-refractivity contribution in [3.8, 4) is 5.75 Å². The number of nitrogens with zero attached hydrogens (tertiary/aromatic N) is 4. The van der Waals surface area contributed by atoms with E-state index in [1.807, 2.05) is 13.0 Å². The normalized spacial score (nSPS) is 11.0. The van der Waals surface area contributed by atoms with Crippen molar-refractivity contribution in [1.82, 2.24) is 0 Å². The smallest absolute Gasteiger partial charge is 0.691 e. The van der Waals surface area contributed by atoms with Crippen LogP contribution in [0, 0.1) is 6.92 Å². The van der Waals surface area contributed by atoms with Crippen molar-refractivity contribution in [3.63, 3.8) is 0 Å². The fourth-order valence-electron chi connectivity index (χ4n) is 4.09. The molecule has 5 aromatic carbocycles. The van der Waals surface area contributed by atoms with Gasteiger partial charge in [-0.3, -0.25) is 14.9 Å². The van der Waals surface area contributed by atoms with Gasteiger partial charge >= 0.3 is 59.1 Å². The van der Waals surface area contributed by atoms with Crippen LogP contribution in [0.1, 0.15) is 15.9 Å². The first-order chi connectivity index (χ1) is 21.9. The second-order valence-corrected chi connectivity index (χ2v) is 10.6. The van der Waals surface area contributed by atoms with Gasteiger partial charge in [-0.25, -0.2) is 0 Å². The van der Waals surface area contributed by atoms with Gasteiger partial charge in [0, 0.05) is 21.5 Å². The van der Waals surface area contributed by atoms with Gasteiger partial charge in [-0.2, -0.15) is 24.0 Å². The van der Waals surface area contributed by atoms with Gasteiger partial charge in [0.25, 0.3) is 5.91 Å². The number of anilines is 1. The van der Waals surface area contributed by atoms with Crippen molar-refractivity contribution in [3.05, 3.63) is 108 Å². The van der Waals surface area contributed by atoms with Crippen molar-refractivity contribution in [2.75, 3.05) is 5.32 Å². The monoisotopic (exact) mass is 689 g/mol. The van der Waals surface area contributed by atoms with E-state index in [0.29, 0.717) is 56.0 Å². The third-order valence-electron chi connectivity index (χ3n) is 6.21. The van der Waals surface area contributed by atoms with E-state index in [4.69, 9.17) is 0 Å². The average Bonchev–Trinajstić information content (AvgIpc) is 3.06. The molecule has 0 aliphatic rings.